The normalized spacial score (nSPS) is 15.8. The Morgan fingerprint density at radius 2 is 1.07 bits per heavy atom. The van der Waals surface area contributed by atoms with Crippen LogP contribution in [0.3, 0.4) is 0 Å². The van der Waals surface area contributed by atoms with E-state index < -0.39 is 30.1 Å². The molecule has 0 aromatic heterocycles. The number of carbonyl (C=O) groups excluding carboxylic acids is 1. The molecule has 0 fully saturated rings. The van der Waals surface area contributed by atoms with E-state index in [0.717, 1.165) is 32.1 Å². The average Bonchev–Trinajstić information content (AvgIpc) is 2.69. The highest BCUT2D eigenvalue weighted by Gasteiger charge is 2.34. The summed E-state index contributed by atoms with van der Waals surface area (Å²) in [5.41, 5.74) is 5.51. The number of nitrogens with two attached hydrogens (primary N) is 1. The van der Waals surface area contributed by atoms with Crippen LogP contribution in [-0.4, -0.2) is 39.5 Å². The van der Waals surface area contributed by atoms with Gasteiger partial charge in [-0.3, -0.25) is 4.79 Å². The van der Waals surface area contributed by atoms with Crippen LogP contribution >= 0.6 is 0 Å². The largest absolute Gasteiger partial charge is 0.392 e. The van der Waals surface area contributed by atoms with Crippen molar-refractivity contribution in [3.05, 3.63) is 0 Å². The van der Waals surface area contributed by atoms with Gasteiger partial charge in [0.1, 0.15) is 12.3 Å². The summed E-state index contributed by atoms with van der Waals surface area (Å²) in [7, 11) is 0. The molecule has 0 aromatic rings. The van der Waals surface area contributed by atoms with E-state index in [1.165, 1.54) is 64.2 Å². The highest BCUT2D eigenvalue weighted by atomic mass is 16.3. The van der Waals surface area contributed by atoms with E-state index in [0.29, 0.717) is 12.8 Å². The smallest absolute Gasteiger partial charge is 0.170 e. The number of hydrogen-bond acceptors (Lipinski definition) is 5. The Balaban J connectivity index is 3.81. The monoisotopic (exact) mass is 415 g/mol. The maximum atomic E-state index is 12.3. The molecule has 0 saturated carbocycles. The van der Waals surface area contributed by atoms with Crippen LogP contribution in [0.4, 0.5) is 0 Å². The van der Waals surface area contributed by atoms with E-state index in [1.807, 2.05) is 6.92 Å². The molecule has 0 aliphatic heterocycles. The molecule has 0 bridgehead atoms. The molecule has 29 heavy (non-hydrogen) atoms. The van der Waals surface area contributed by atoms with Crippen molar-refractivity contribution in [2.45, 2.75) is 141 Å². The molecule has 0 radical (unpaired) electrons. The second-order valence-corrected chi connectivity index (χ2v) is 8.68. The number of carbonyl (C=O) groups is 1. The molecular formula is C24H49NO4. The molecule has 0 aliphatic carbocycles. The number of aliphatic hydroxyl groups is 3. The fourth-order valence-electron chi connectivity index (χ4n) is 3.90. The lowest BCUT2D eigenvalue weighted by molar-refractivity contribution is -0.140. The van der Waals surface area contributed by atoms with Crippen LogP contribution in [-0.2, 0) is 4.79 Å². The summed E-state index contributed by atoms with van der Waals surface area (Å²) in [6.45, 7) is 4.23. The topological polar surface area (TPSA) is 104 Å². The van der Waals surface area contributed by atoms with Gasteiger partial charge >= 0.3 is 0 Å². The minimum absolute atomic E-state index is 0.351. The summed E-state index contributed by atoms with van der Waals surface area (Å²) in [4.78, 5) is 12.3. The van der Waals surface area contributed by atoms with E-state index in [9.17, 15) is 20.1 Å². The average molecular weight is 416 g/mol. The Hall–Kier alpha value is -0.490. The Morgan fingerprint density at radius 3 is 1.48 bits per heavy atom. The first-order chi connectivity index (χ1) is 14.0. The molecular weight excluding hydrogens is 366 g/mol. The van der Waals surface area contributed by atoms with E-state index in [4.69, 9.17) is 5.73 Å². The Morgan fingerprint density at radius 1 is 0.655 bits per heavy atom. The van der Waals surface area contributed by atoms with Crippen molar-refractivity contribution in [3.63, 3.8) is 0 Å². The molecule has 5 nitrogen and oxygen atoms in total. The van der Waals surface area contributed by atoms with Crippen LogP contribution in [0, 0.1) is 5.92 Å². The molecule has 0 aliphatic rings. The molecule has 5 N–H and O–H groups in total. The zero-order valence-corrected chi connectivity index (χ0v) is 19.2. The highest BCUT2D eigenvalue weighted by molar-refractivity contribution is 5.86. The van der Waals surface area contributed by atoms with Gasteiger partial charge in [0.05, 0.1) is 12.0 Å². The molecule has 0 spiro atoms. The molecule has 0 aromatic carbocycles. The van der Waals surface area contributed by atoms with Crippen LogP contribution < -0.4 is 5.73 Å². The quantitative estimate of drug-likeness (QED) is 0.159. The second kappa shape index (κ2) is 19.5. The summed E-state index contributed by atoms with van der Waals surface area (Å²) >= 11 is 0. The van der Waals surface area contributed by atoms with Crippen LogP contribution in [0.1, 0.15) is 123 Å². The molecule has 0 saturated heterocycles. The second-order valence-electron chi connectivity index (χ2n) is 8.68. The molecule has 4 atom stereocenters. The molecule has 0 rings (SSSR count). The first kappa shape index (κ1) is 28.5. The van der Waals surface area contributed by atoms with Gasteiger partial charge in [-0.1, -0.05) is 110 Å². The third-order valence-corrected chi connectivity index (χ3v) is 5.87. The molecule has 1 unspecified atom stereocenters. The molecule has 0 amide bonds. The summed E-state index contributed by atoms with van der Waals surface area (Å²) in [6, 6.07) is 0. The first-order valence-electron chi connectivity index (χ1n) is 12.3. The summed E-state index contributed by atoms with van der Waals surface area (Å²) in [5, 5.41) is 30.0. The summed E-state index contributed by atoms with van der Waals surface area (Å²) in [5.74, 6) is -1.63. The van der Waals surface area contributed by atoms with Crippen molar-refractivity contribution in [3.8, 4) is 0 Å². The van der Waals surface area contributed by atoms with Crippen LogP contribution in [0.15, 0.2) is 0 Å². The van der Waals surface area contributed by atoms with Crippen LogP contribution in [0.2, 0.25) is 0 Å². The maximum absolute atomic E-state index is 12.3. The van der Waals surface area contributed by atoms with Crippen molar-refractivity contribution in [2.75, 3.05) is 0 Å². The van der Waals surface area contributed by atoms with Crippen LogP contribution in [0.5, 0.6) is 0 Å². The number of rotatable bonds is 21. The lowest BCUT2D eigenvalue weighted by Crippen LogP contribution is -2.46. The van der Waals surface area contributed by atoms with Crippen molar-refractivity contribution >= 4 is 5.78 Å². The van der Waals surface area contributed by atoms with Gasteiger partial charge in [-0.15, -0.1) is 0 Å². The third kappa shape index (κ3) is 15.0. The van der Waals surface area contributed by atoms with Crippen LogP contribution in [0.25, 0.3) is 0 Å². The van der Waals surface area contributed by atoms with E-state index in [-0.39, 0.29) is 0 Å². The molecule has 0 heterocycles. The minimum atomic E-state index is -1.43. The van der Waals surface area contributed by atoms with Gasteiger partial charge < -0.3 is 21.1 Å². The van der Waals surface area contributed by atoms with E-state index in [1.54, 1.807) is 0 Å². The Bertz CT molecular complexity index is 376. The number of unbranched alkanes of at least 4 members (excludes halogenated alkanes) is 13. The van der Waals surface area contributed by atoms with Crippen molar-refractivity contribution in [1.82, 2.24) is 0 Å². The van der Waals surface area contributed by atoms with Crippen molar-refractivity contribution in [1.29, 1.82) is 0 Å². The predicted molar refractivity (Wildman–Crippen MR) is 121 cm³/mol. The number of ketones is 1. The Kier molecular flexibility index (Phi) is 19.1. The lowest BCUT2D eigenvalue weighted by Gasteiger charge is -2.26. The number of aliphatic hydroxyl groups excluding tert-OH is 3. The van der Waals surface area contributed by atoms with Gasteiger partial charge in [-0.05, 0) is 12.8 Å². The predicted octanol–water partition coefficient (Wildman–Crippen LogP) is 4.84. The van der Waals surface area contributed by atoms with Gasteiger partial charge in [0.2, 0.25) is 0 Å². The van der Waals surface area contributed by atoms with Gasteiger partial charge in [0, 0.05) is 0 Å². The standard InChI is InChI=1S/C24H49NO4/c1-3-5-7-8-9-10-11-12-13-14-15-16-17-19-20(26)22(24(25)29)23(28)21(27)18-6-4-2/h20-22,24,26-27,29H,3-19,25H2,1-2H3/t20-,21-,22-,24?/m1/s1. The first-order valence-corrected chi connectivity index (χ1v) is 12.3. The third-order valence-electron chi connectivity index (χ3n) is 5.87. The van der Waals surface area contributed by atoms with E-state index in [2.05, 4.69) is 6.92 Å². The van der Waals surface area contributed by atoms with Gasteiger partial charge in [-0.25, -0.2) is 0 Å². The van der Waals surface area contributed by atoms with Crippen molar-refractivity contribution in [2.24, 2.45) is 11.7 Å². The van der Waals surface area contributed by atoms with Gasteiger partial charge in [0.15, 0.2) is 5.78 Å². The Labute approximate surface area is 179 Å². The maximum Gasteiger partial charge on any atom is 0.170 e. The van der Waals surface area contributed by atoms with Crippen molar-refractivity contribution < 1.29 is 20.1 Å². The minimum Gasteiger partial charge on any atom is -0.392 e. The highest BCUT2D eigenvalue weighted by Crippen LogP contribution is 2.19. The fraction of sp³-hybridized carbons (Fsp3) is 0.958. The zero-order valence-electron chi connectivity index (χ0n) is 19.2. The van der Waals surface area contributed by atoms with E-state index >= 15 is 0 Å². The fourth-order valence-corrected chi connectivity index (χ4v) is 3.90. The molecule has 174 valence electrons. The van der Waals surface area contributed by atoms with Gasteiger partial charge in [0.25, 0.3) is 0 Å². The van der Waals surface area contributed by atoms with Gasteiger partial charge in [-0.2, -0.15) is 0 Å². The zero-order chi connectivity index (χ0) is 21.9. The number of Topliss-reactive ketones (excluding diaryl/α,β-unsaturated/α-hetero) is 1. The number of hydrogen-bond donors (Lipinski definition) is 4. The lowest BCUT2D eigenvalue weighted by atomic mass is 9.88. The SMILES string of the molecule is CCCCCCCCCCCCCCC[C@@H](O)[C@H](C(=O)[C@H](O)CCCC)C(N)O. The summed E-state index contributed by atoms with van der Waals surface area (Å²) in [6.07, 6.45) is 15.1. The molecule has 5 heteroatoms. The summed E-state index contributed by atoms with van der Waals surface area (Å²) < 4.78 is 0.